The predicted molar refractivity (Wildman–Crippen MR) is 95.0 cm³/mol. The summed E-state index contributed by atoms with van der Waals surface area (Å²) in [5, 5.41) is 10.3. The smallest absolute Gasteiger partial charge is 0.317 e. The fraction of sp³-hybridized carbons (Fsp3) is 0.722. The molecule has 0 spiro atoms. The van der Waals surface area contributed by atoms with E-state index in [2.05, 4.69) is 15.7 Å². The molecule has 0 aromatic carbocycles. The summed E-state index contributed by atoms with van der Waals surface area (Å²) in [4.78, 5) is 26.1. The maximum Gasteiger partial charge on any atom is 0.317 e. The van der Waals surface area contributed by atoms with Crippen LogP contribution in [0.25, 0.3) is 0 Å². The Labute approximate surface area is 149 Å². The molecule has 1 aliphatic heterocycles. The third-order valence-electron chi connectivity index (χ3n) is 5.56. The number of likely N-dealkylation sites (tertiary alicyclic amines) is 1. The van der Waals surface area contributed by atoms with Gasteiger partial charge in [-0.25, -0.2) is 4.79 Å². The topological polar surface area (TPSA) is 79.3 Å². The minimum absolute atomic E-state index is 0.0300. The number of hydrogen-bond acceptors (Lipinski definition) is 3. The Bertz CT molecular complexity index is 566. The fourth-order valence-corrected chi connectivity index (χ4v) is 4.03. The van der Waals surface area contributed by atoms with Gasteiger partial charge in [0.2, 0.25) is 5.91 Å². The lowest BCUT2D eigenvalue weighted by Crippen LogP contribution is -2.51. The van der Waals surface area contributed by atoms with Gasteiger partial charge in [-0.05, 0) is 37.7 Å². The molecular formula is C18H29N5O2. The monoisotopic (exact) mass is 347 g/mol. The first-order chi connectivity index (χ1) is 12.2. The number of urea groups is 1. The van der Waals surface area contributed by atoms with Crippen LogP contribution in [0.15, 0.2) is 18.5 Å². The summed E-state index contributed by atoms with van der Waals surface area (Å²) >= 11 is 0. The highest BCUT2D eigenvalue weighted by Crippen LogP contribution is 2.28. The van der Waals surface area contributed by atoms with Crippen LogP contribution in [0.4, 0.5) is 4.79 Å². The Hall–Kier alpha value is -2.05. The van der Waals surface area contributed by atoms with Crippen molar-refractivity contribution in [3.05, 3.63) is 18.5 Å². The van der Waals surface area contributed by atoms with E-state index in [1.807, 2.05) is 21.8 Å². The van der Waals surface area contributed by atoms with Crippen molar-refractivity contribution in [1.82, 2.24) is 25.3 Å². The average Bonchev–Trinajstić information content (AvgIpc) is 3.17. The van der Waals surface area contributed by atoms with E-state index in [0.717, 1.165) is 45.2 Å². The average molecular weight is 347 g/mol. The zero-order chi connectivity index (χ0) is 17.6. The summed E-state index contributed by atoms with van der Waals surface area (Å²) in [6.45, 7) is 1.46. The summed E-state index contributed by atoms with van der Waals surface area (Å²) in [6, 6.07) is 2.36. The van der Waals surface area contributed by atoms with Crippen molar-refractivity contribution < 1.29 is 9.59 Å². The maximum absolute atomic E-state index is 12.7. The highest BCUT2D eigenvalue weighted by atomic mass is 16.2. The quantitative estimate of drug-likeness (QED) is 0.873. The molecular weight excluding hydrogens is 318 g/mol. The van der Waals surface area contributed by atoms with Gasteiger partial charge in [-0.15, -0.1) is 0 Å². The molecule has 0 bridgehead atoms. The summed E-state index contributed by atoms with van der Waals surface area (Å²) in [7, 11) is 1.67. The van der Waals surface area contributed by atoms with Crippen molar-refractivity contribution in [2.45, 2.75) is 57.0 Å². The van der Waals surface area contributed by atoms with Crippen LogP contribution in [0.5, 0.6) is 0 Å². The van der Waals surface area contributed by atoms with Crippen molar-refractivity contribution in [2.75, 3.05) is 20.1 Å². The molecule has 0 radical (unpaired) electrons. The molecule has 3 amide bonds. The summed E-state index contributed by atoms with van der Waals surface area (Å²) in [6.07, 6.45) is 10.5. The van der Waals surface area contributed by atoms with Gasteiger partial charge in [0, 0.05) is 39.0 Å². The van der Waals surface area contributed by atoms with Crippen LogP contribution in [0.1, 0.15) is 51.0 Å². The van der Waals surface area contributed by atoms with Crippen LogP contribution >= 0.6 is 0 Å². The normalized spacial score (nSPS) is 24.8. The van der Waals surface area contributed by atoms with Crippen molar-refractivity contribution in [1.29, 1.82) is 0 Å². The molecule has 7 heteroatoms. The first-order valence-corrected chi connectivity index (χ1v) is 9.42. The van der Waals surface area contributed by atoms with Crippen LogP contribution in [-0.2, 0) is 4.79 Å². The van der Waals surface area contributed by atoms with Gasteiger partial charge in [0.05, 0.1) is 12.1 Å². The molecule has 2 fully saturated rings. The second kappa shape index (κ2) is 8.36. The fourth-order valence-electron chi connectivity index (χ4n) is 4.03. The van der Waals surface area contributed by atoms with Crippen LogP contribution in [0.2, 0.25) is 0 Å². The van der Waals surface area contributed by atoms with Gasteiger partial charge in [-0.2, -0.15) is 5.10 Å². The Kier molecular flexibility index (Phi) is 5.94. The summed E-state index contributed by atoms with van der Waals surface area (Å²) in [5.74, 6) is 0.475. The molecule has 3 rings (SSSR count). The van der Waals surface area contributed by atoms with Crippen molar-refractivity contribution in [3.63, 3.8) is 0 Å². The van der Waals surface area contributed by atoms with Crippen molar-refractivity contribution in [2.24, 2.45) is 5.92 Å². The Morgan fingerprint density at radius 3 is 2.60 bits per heavy atom. The van der Waals surface area contributed by atoms with E-state index in [-0.39, 0.29) is 24.0 Å². The van der Waals surface area contributed by atoms with E-state index in [1.54, 1.807) is 13.2 Å². The second-order valence-corrected chi connectivity index (χ2v) is 7.20. The number of nitrogens with zero attached hydrogens (tertiary/aromatic N) is 3. The number of hydrogen-bond donors (Lipinski definition) is 2. The van der Waals surface area contributed by atoms with Crippen molar-refractivity contribution >= 4 is 11.9 Å². The van der Waals surface area contributed by atoms with Crippen LogP contribution in [-0.4, -0.2) is 52.8 Å². The lowest BCUT2D eigenvalue weighted by molar-refractivity contribution is -0.121. The lowest BCUT2D eigenvalue weighted by Gasteiger charge is -2.36. The standard InChI is InChI=1S/C18H29N5O2/c1-19-17(24)13-14-7-11-22(12-8-14)18(25)21-15-5-2-3-6-16(15)23-10-4-9-20-23/h4,9-10,14-16H,2-3,5-8,11-13H2,1H3,(H,19,24)(H,21,25). The molecule has 2 atom stereocenters. The van der Waals surface area contributed by atoms with Gasteiger partial charge in [0.25, 0.3) is 0 Å². The largest absolute Gasteiger partial charge is 0.359 e. The van der Waals surface area contributed by atoms with Crippen molar-refractivity contribution in [3.8, 4) is 0 Å². The number of aromatic nitrogens is 2. The van der Waals surface area contributed by atoms with E-state index in [1.165, 1.54) is 6.42 Å². The van der Waals surface area contributed by atoms with Gasteiger partial charge < -0.3 is 15.5 Å². The van der Waals surface area contributed by atoms with Gasteiger partial charge >= 0.3 is 6.03 Å². The van der Waals surface area contributed by atoms with E-state index >= 15 is 0 Å². The number of piperidine rings is 1. The Morgan fingerprint density at radius 2 is 1.92 bits per heavy atom. The minimum Gasteiger partial charge on any atom is -0.359 e. The molecule has 25 heavy (non-hydrogen) atoms. The molecule has 1 aromatic rings. The molecule has 1 saturated heterocycles. The molecule has 1 aliphatic carbocycles. The number of amides is 3. The van der Waals surface area contributed by atoms with E-state index in [0.29, 0.717) is 12.3 Å². The predicted octanol–water partition coefficient (Wildman–Crippen LogP) is 1.92. The number of carbonyl (C=O) groups is 2. The number of carbonyl (C=O) groups excluding carboxylic acids is 2. The first kappa shape index (κ1) is 17.8. The minimum atomic E-state index is 0.0300. The molecule has 7 nitrogen and oxygen atoms in total. The number of nitrogens with one attached hydrogen (secondary N) is 2. The molecule has 1 saturated carbocycles. The highest BCUT2D eigenvalue weighted by Gasteiger charge is 2.31. The van der Waals surface area contributed by atoms with Crippen LogP contribution in [0, 0.1) is 5.92 Å². The highest BCUT2D eigenvalue weighted by molar-refractivity contribution is 5.76. The lowest BCUT2D eigenvalue weighted by atomic mass is 9.90. The number of rotatable bonds is 4. The zero-order valence-electron chi connectivity index (χ0n) is 15.0. The molecule has 2 N–H and O–H groups in total. The van der Waals surface area contributed by atoms with Gasteiger partial charge in [0.15, 0.2) is 0 Å². The molecule has 138 valence electrons. The van der Waals surface area contributed by atoms with E-state index in [4.69, 9.17) is 0 Å². The van der Waals surface area contributed by atoms with Gasteiger partial charge in [0.1, 0.15) is 0 Å². The van der Waals surface area contributed by atoms with Crippen LogP contribution < -0.4 is 10.6 Å². The Morgan fingerprint density at radius 1 is 1.16 bits per heavy atom. The van der Waals surface area contributed by atoms with Crippen LogP contribution in [0.3, 0.4) is 0 Å². The SMILES string of the molecule is CNC(=O)CC1CCN(C(=O)NC2CCCCC2n2cccn2)CC1. The molecule has 2 aliphatic rings. The van der Waals surface area contributed by atoms with Gasteiger partial charge in [-0.1, -0.05) is 12.8 Å². The van der Waals surface area contributed by atoms with E-state index < -0.39 is 0 Å². The second-order valence-electron chi connectivity index (χ2n) is 7.20. The third kappa shape index (κ3) is 4.52. The maximum atomic E-state index is 12.7. The summed E-state index contributed by atoms with van der Waals surface area (Å²) in [5.41, 5.74) is 0. The molecule has 1 aromatic heterocycles. The Balaban J connectivity index is 1.51. The van der Waals surface area contributed by atoms with E-state index in [9.17, 15) is 9.59 Å². The zero-order valence-corrected chi connectivity index (χ0v) is 15.0. The third-order valence-corrected chi connectivity index (χ3v) is 5.56. The first-order valence-electron chi connectivity index (χ1n) is 9.42. The molecule has 2 heterocycles. The van der Waals surface area contributed by atoms with Gasteiger partial charge in [-0.3, -0.25) is 9.48 Å². The summed E-state index contributed by atoms with van der Waals surface area (Å²) < 4.78 is 1.99. The molecule has 2 unspecified atom stereocenters.